The van der Waals surface area contributed by atoms with E-state index in [1.807, 2.05) is 6.08 Å². The Labute approximate surface area is 367 Å². The van der Waals surface area contributed by atoms with E-state index < -0.39 is 91.6 Å². The van der Waals surface area contributed by atoms with Gasteiger partial charge >= 0.3 is 17.9 Å². The number of esters is 2. The van der Waals surface area contributed by atoms with Crippen molar-refractivity contribution in [3.63, 3.8) is 0 Å². The lowest BCUT2D eigenvalue weighted by Gasteiger charge is -2.58. The number of aliphatic carboxylic acids is 1. The van der Waals surface area contributed by atoms with Gasteiger partial charge in [-0.15, -0.1) is 0 Å². The molecule has 5 N–H and O–H groups in total. The lowest BCUT2D eigenvalue weighted by atomic mass is 9.46. The zero-order chi connectivity index (χ0) is 46.0. The lowest BCUT2D eigenvalue weighted by molar-refractivity contribution is -0.327. The fourth-order valence-corrected chi connectivity index (χ4v) is 11.9. The minimum atomic E-state index is -1.81. The number of carbonyl (C=O) groups excluding carboxylic acids is 6. The van der Waals surface area contributed by atoms with Crippen LogP contribution in [0.15, 0.2) is 11.6 Å². The number of aliphatic hydroxyl groups is 3. The standard InChI is InChI=1S/C45H65NO17/c1-22-35(46-23(2)47)39(62-43-38(55)37(54)40(58-5)41(63-43)42(56)57)36(53)32(61-22)21-60-33(51)8-6-7-25(48)10-14-34(52)59-20-31(50)30-13-12-28-27-11-9-24-19-26(49)15-17-44(24,3)29(27)16-18-45(28,30)4/h19,22,27-30,32,35-41,43,53-55H,6-18,20-21H2,1-5H3,(H,46,47)(H,56,57)/t22?,27-,28-,29-,30+,32?,35?,36?,37?,38?,39?,40?,41?,43?,44-,45-/m0/s1. The zero-order valence-electron chi connectivity index (χ0n) is 36.9. The van der Waals surface area contributed by atoms with Gasteiger partial charge in [0.25, 0.3) is 0 Å². The van der Waals surface area contributed by atoms with Gasteiger partial charge in [-0.25, -0.2) is 4.79 Å². The largest absolute Gasteiger partial charge is 0.479 e. The molecule has 5 fully saturated rings. The molecule has 6 rings (SSSR count). The molecule has 352 valence electrons. The molecule has 4 aliphatic carbocycles. The van der Waals surface area contributed by atoms with Gasteiger partial charge in [-0.05, 0) is 93.0 Å². The number of amides is 1. The Morgan fingerprint density at radius 1 is 0.841 bits per heavy atom. The number of nitrogens with one attached hydrogen (secondary N) is 1. The molecule has 18 heteroatoms. The number of allylic oxidation sites excluding steroid dienone is 1. The van der Waals surface area contributed by atoms with Crippen LogP contribution in [0.3, 0.4) is 0 Å². The second-order valence-corrected chi connectivity index (χ2v) is 19.0. The molecule has 16 atom stereocenters. The van der Waals surface area contributed by atoms with Crippen LogP contribution in [-0.2, 0) is 62.0 Å². The van der Waals surface area contributed by atoms with Gasteiger partial charge in [0.2, 0.25) is 5.91 Å². The fraction of sp³-hybridized carbons (Fsp3) is 0.800. The molecule has 0 aromatic rings. The van der Waals surface area contributed by atoms with E-state index in [1.54, 1.807) is 6.92 Å². The Hall–Kier alpha value is -3.65. The molecule has 0 aromatic heterocycles. The summed E-state index contributed by atoms with van der Waals surface area (Å²) in [5, 5.41) is 44.7. The van der Waals surface area contributed by atoms with Crippen LogP contribution in [0.25, 0.3) is 0 Å². The van der Waals surface area contributed by atoms with Crippen molar-refractivity contribution >= 4 is 41.2 Å². The molecule has 18 nitrogen and oxygen atoms in total. The Balaban J connectivity index is 0.906. The summed E-state index contributed by atoms with van der Waals surface area (Å²) in [5.41, 5.74) is 1.19. The second kappa shape index (κ2) is 20.3. The second-order valence-electron chi connectivity index (χ2n) is 19.0. The van der Waals surface area contributed by atoms with E-state index in [-0.39, 0.29) is 72.8 Å². The number of aliphatic hydroxyl groups excluding tert-OH is 3. The first-order valence-electron chi connectivity index (χ1n) is 22.4. The van der Waals surface area contributed by atoms with Crippen LogP contribution in [0.4, 0.5) is 0 Å². The average molecular weight is 892 g/mol. The average Bonchev–Trinajstić information content (AvgIpc) is 3.59. The third-order valence-corrected chi connectivity index (χ3v) is 15.3. The number of hydrogen-bond donors (Lipinski definition) is 5. The molecule has 2 aliphatic heterocycles. The maximum Gasteiger partial charge on any atom is 0.335 e. The Kier molecular flexibility index (Phi) is 15.7. The molecule has 10 unspecified atom stereocenters. The fourth-order valence-electron chi connectivity index (χ4n) is 11.9. The van der Waals surface area contributed by atoms with Crippen molar-refractivity contribution in [2.24, 2.45) is 34.5 Å². The van der Waals surface area contributed by atoms with Crippen LogP contribution >= 0.6 is 0 Å². The highest BCUT2D eigenvalue weighted by Gasteiger charge is 2.60. The molecule has 0 aromatic carbocycles. The lowest BCUT2D eigenvalue weighted by Crippen LogP contribution is -2.67. The first kappa shape index (κ1) is 48.8. The highest BCUT2D eigenvalue weighted by Crippen LogP contribution is 2.66. The maximum absolute atomic E-state index is 13.5. The van der Waals surface area contributed by atoms with Gasteiger partial charge in [0.05, 0.1) is 18.6 Å². The Morgan fingerprint density at radius 3 is 2.27 bits per heavy atom. The van der Waals surface area contributed by atoms with Crippen molar-refractivity contribution in [1.82, 2.24) is 5.32 Å². The SMILES string of the molecule is COC1C(C(=O)O)OC(OC2C(O)C(COC(=O)CCCC(=O)CCC(=O)OCC(=O)[C@H]3CC[C@H]4[C@@H]5CCC6=CC(=O)CC[C@]6(C)[C@H]5CC[C@]34C)OC(C)C2NC(C)=O)C(O)C1O. The summed E-state index contributed by atoms with van der Waals surface area (Å²) < 4.78 is 32.8. The number of ether oxygens (including phenoxy) is 6. The molecule has 0 bridgehead atoms. The number of hydrogen-bond acceptors (Lipinski definition) is 16. The van der Waals surface area contributed by atoms with Crippen molar-refractivity contribution in [1.29, 1.82) is 0 Å². The molecular formula is C45H65NO17. The molecular weight excluding hydrogens is 826 g/mol. The van der Waals surface area contributed by atoms with Gasteiger partial charge in [-0.1, -0.05) is 19.4 Å². The monoisotopic (exact) mass is 891 g/mol. The number of fused-ring (bicyclic) bond motifs is 5. The normalized spacial score (nSPS) is 39.7. The highest BCUT2D eigenvalue weighted by molar-refractivity contribution is 5.91. The number of carboxylic acids is 1. The van der Waals surface area contributed by atoms with Gasteiger partial charge in [0, 0.05) is 45.6 Å². The third-order valence-electron chi connectivity index (χ3n) is 15.3. The molecule has 0 spiro atoms. The summed E-state index contributed by atoms with van der Waals surface area (Å²) in [5.74, 6) is -2.27. The quantitative estimate of drug-likeness (QED) is 0.131. The molecule has 6 aliphatic rings. The summed E-state index contributed by atoms with van der Waals surface area (Å²) in [4.78, 5) is 87.5. The van der Waals surface area contributed by atoms with Crippen LogP contribution in [0.2, 0.25) is 0 Å². The van der Waals surface area contributed by atoms with Crippen molar-refractivity contribution in [2.45, 2.75) is 172 Å². The third kappa shape index (κ3) is 10.4. The highest BCUT2D eigenvalue weighted by atomic mass is 16.7. The number of carboxylic acid groups (broad SMARTS) is 1. The number of methoxy groups -OCH3 is 1. The van der Waals surface area contributed by atoms with Gasteiger partial charge in [-0.2, -0.15) is 0 Å². The molecule has 63 heavy (non-hydrogen) atoms. The van der Waals surface area contributed by atoms with E-state index in [0.717, 1.165) is 52.1 Å². The summed E-state index contributed by atoms with van der Waals surface area (Å²) in [6, 6.07) is -1.04. The summed E-state index contributed by atoms with van der Waals surface area (Å²) in [6.45, 7) is 6.52. The first-order valence-corrected chi connectivity index (χ1v) is 22.4. The van der Waals surface area contributed by atoms with E-state index in [2.05, 4.69) is 19.2 Å². The van der Waals surface area contributed by atoms with Gasteiger partial charge < -0.3 is 54.2 Å². The Bertz CT molecular complexity index is 1780. The maximum atomic E-state index is 13.5. The van der Waals surface area contributed by atoms with Crippen LogP contribution in [-0.4, -0.2) is 143 Å². The van der Waals surface area contributed by atoms with Gasteiger partial charge in [0.1, 0.15) is 55.6 Å². The van der Waals surface area contributed by atoms with E-state index in [0.29, 0.717) is 24.2 Å². The van der Waals surface area contributed by atoms with Gasteiger partial charge in [0.15, 0.2) is 24.0 Å². The predicted octanol–water partition coefficient (Wildman–Crippen LogP) is 1.89. The van der Waals surface area contributed by atoms with Crippen molar-refractivity contribution in [3.8, 4) is 0 Å². The Morgan fingerprint density at radius 2 is 1.57 bits per heavy atom. The number of carbonyl (C=O) groups is 7. The first-order chi connectivity index (χ1) is 29.8. The molecule has 2 saturated heterocycles. The molecule has 0 radical (unpaired) electrons. The summed E-state index contributed by atoms with van der Waals surface area (Å²) >= 11 is 0. The van der Waals surface area contributed by atoms with Crippen LogP contribution in [0.1, 0.15) is 111 Å². The predicted molar refractivity (Wildman–Crippen MR) is 217 cm³/mol. The van der Waals surface area contributed by atoms with Crippen molar-refractivity contribution in [3.05, 3.63) is 11.6 Å². The van der Waals surface area contributed by atoms with Gasteiger partial charge in [-0.3, -0.25) is 28.8 Å². The van der Waals surface area contributed by atoms with E-state index >= 15 is 0 Å². The minimum Gasteiger partial charge on any atom is -0.479 e. The topological polar surface area (TPSA) is 268 Å². The van der Waals surface area contributed by atoms with Crippen LogP contribution in [0.5, 0.6) is 0 Å². The number of Topliss-reactive ketones (excluding diaryl/α,β-unsaturated/α-hetero) is 2. The van der Waals surface area contributed by atoms with E-state index in [1.165, 1.54) is 12.5 Å². The molecule has 2 heterocycles. The van der Waals surface area contributed by atoms with Crippen molar-refractivity contribution in [2.75, 3.05) is 20.3 Å². The zero-order valence-corrected chi connectivity index (χ0v) is 36.9. The van der Waals surface area contributed by atoms with Crippen LogP contribution < -0.4 is 5.32 Å². The van der Waals surface area contributed by atoms with Crippen LogP contribution in [0, 0.1) is 34.5 Å². The number of rotatable bonds is 17. The summed E-state index contributed by atoms with van der Waals surface area (Å²) in [6.07, 6.45) is -4.98. The van der Waals surface area contributed by atoms with Crippen molar-refractivity contribution < 1.29 is 82.4 Å². The van der Waals surface area contributed by atoms with E-state index in [9.17, 15) is 54.0 Å². The van der Waals surface area contributed by atoms with E-state index in [4.69, 9.17) is 28.4 Å². The number of ketones is 3. The summed E-state index contributed by atoms with van der Waals surface area (Å²) in [7, 11) is 1.13. The molecule has 1 amide bonds. The molecule has 3 saturated carbocycles. The minimum absolute atomic E-state index is 0.0251. The smallest absolute Gasteiger partial charge is 0.335 e.